The predicted octanol–water partition coefficient (Wildman–Crippen LogP) is 3.36. The highest BCUT2D eigenvalue weighted by Crippen LogP contribution is 2.29. The Hall–Kier alpha value is -4.94. The summed E-state index contributed by atoms with van der Waals surface area (Å²) >= 11 is 0. The van der Waals surface area contributed by atoms with Gasteiger partial charge in [-0.25, -0.2) is 14.8 Å². The second-order valence-electron chi connectivity index (χ2n) is 11.2. The zero-order valence-electron chi connectivity index (χ0n) is 25.8. The van der Waals surface area contributed by atoms with E-state index in [1.807, 2.05) is 30.9 Å². The average Bonchev–Trinajstić information content (AvgIpc) is 3.20. The van der Waals surface area contributed by atoms with E-state index in [9.17, 15) is 19.2 Å². The van der Waals surface area contributed by atoms with Crippen molar-refractivity contribution < 1.29 is 24.3 Å². The number of carbonyl (C=O) groups is 4. The summed E-state index contributed by atoms with van der Waals surface area (Å²) in [7, 11) is 0. The quantitative estimate of drug-likeness (QED) is 0.224. The van der Waals surface area contributed by atoms with Gasteiger partial charge in [-0.2, -0.15) is 0 Å². The number of carbonyl (C=O) groups excluding carboxylic acids is 3. The lowest BCUT2D eigenvalue weighted by Gasteiger charge is -2.32. The Kier molecular flexibility index (Phi) is 11.5. The van der Waals surface area contributed by atoms with E-state index in [0.717, 1.165) is 24.2 Å². The summed E-state index contributed by atoms with van der Waals surface area (Å²) in [6.45, 7) is 7.17. The lowest BCUT2D eigenvalue weighted by molar-refractivity contribution is -0.127. The number of hydrogen-bond acceptors (Lipinski definition) is 8. The molecule has 13 nitrogen and oxygen atoms in total. The van der Waals surface area contributed by atoms with Crippen LogP contribution in [0.25, 0.3) is 6.08 Å². The third-order valence-corrected chi connectivity index (χ3v) is 7.70. The molecule has 1 saturated heterocycles. The van der Waals surface area contributed by atoms with Crippen LogP contribution < -0.4 is 26.6 Å². The Morgan fingerprint density at radius 2 is 1.73 bits per heavy atom. The fourth-order valence-corrected chi connectivity index (χ4v) is 5.45. The maximum atomic E-state index is 13.2. The number of piperidine rings is 1. The van der Waals surface area contributed by atoms with Crippen LogP contribution in [0, 0.1) is 5.92 Å². The highest BCUT2D eigenvalue weighted by molar-refractivity contribution is 6.08. The first-order valence-electron chi connectivity index (χ1n) is 15.4. The van der Waals surface area contributed by atoms with E-state index in [1.165, 1.54) is 0 Å². The molecule has 4 amide bonds. The number of aromatic nitrogens is 1. The zero-order valence-corrected chi connectivity index (χ0v) is 25.8. The lowest BCUT2D eigenvalue weighted by Crippen LogP contribution is -2.42. The molecule has 13 heteroatoms. The summed E-state index contributed by atoms with van der Waals surface area (Å²) in [5, 5.41) is 16.5. The zero-order chi connectivity index (χ0) is 32.3. The molecule has 240 valence electrons. The monoisotopic (exact) mass is 618 g/mol. The summed E-state index contributed by atoms with van der Waals surface area (Å²) in [4.78, 5) is 62.2. The van der Waals surface area contributed by atoms with Gasteiger partial charge in [0.15, 0.2) is 0 Å². The number of nitrogens with one attached hydrogen (secondary N) is 3. The Labute approximate surface area is 263 Å². The van der Waals surface area contributed by atoms with Gasteiger partial charge in [0.25, 0.3) is 5.91 Å². The molecule has 6 N–H and O–H groups in total. The number of amidine groups is 1. The van der Waals surface area contributed by atoms with Gasteiger partial charge in [0.2, 0.25) is 11.8 Å². The first kappa shape index (κ1) is 33.0. The fourth-order valence-electron chi connectivity index (χ4n) is 5.45. The molecule has 0 bridgehead atoms. The first-order chi connectivity index (χ1) is 21.7. The molecule has 1 aromatic carbocycles. The third kappa shape index (κ3) is 9.03. The second-order valence-corrected chi connectivity index (χ2v) is 11.2. The van der Waals surface area contributed by atoms with Gasteiger partial charge in [-0.15, -0.1) is 0 Å². The van der Waals surface area contributed by atoms with Crippen LogP contribution in [0.4, 0.5) is 22.0 Å². The van der Waals surface area contributed by atoms with Crippen molar-refractivity contribution in [2.75, 3.05) is 49.5 Å². The predicted molar refractivity (Wildman–Crippen MR) is 174 cm³/mol. The molecule has 0 spiro atoms. The fraction of sp³-hybridized carbons (Fsp3) is 0.438. The van der Waals surface area contributed by atoms with Crippen LogP contribution in [0.5, 0.6) is 0 Å². The molecule has 2 aliphatic heterocycles. The molecule has 0 aliphatic carbocycles. The van der Waals surface area contributed by atoms with Crippen molar-refractivity contribution in [2.24, 2.45) is 16.6 Å². The Bertz CT molecular complexity index is 1440. The number of nitrogens with zero attached hydrogens (tertiary/aromatic N) is 4. The molecule has 0 unspecified atom stereocenters. The minimum atomic E-state index is -1.12. The number of rotatable bonds is 12. The van der Waals surface area contributed by atoms with Gasteiger partial charge < -0.3 is 36.6 Å². The number of pyridine rings is 1. The summed E-state index contributed by atoms with van der Waals surface area (Å²) < 4.78 is 0. The van der Waals surface area contributed by atoms with Crippen LogP contribution in [0.2, 0.25) is 0 Å². The van der Waals surface area contributed by atoms with Crippen LogP contribution in [0.1, 0.15) is 61.9 Å². The maximum Gasteiger partial charge on any atom is 0.404 e. The van der Waals surface area contributed by atoms with Crippen molar-refractivity contribution in [2.45, 2.75) is 46.0 Å². The molecule has 0 atom stereocenters. The van der Waals surface area contributed by atoms with E-state index in [2.05, 4.69) is 30.8 Å². The minimum absolute atomic E-state index is 0.0416. The van der Waals surface area contributed by atoms with Crippen LogP contribution >= 0.6 is 0 Å². The Balaban J connectivity index is 1.34. The number of benzene rings is 1. The number of anilines is 2. The summed E-state index contributed by atoms with van der Waals surface area (Å²) in [5.74, 6) is 0.490. The largest absolute Gasteiger partial charge is 0.465 e. The topological polar surface area (TPSA) is 182 Å². The molecular weight excluding hydrogens is 576 g/mol. The SMILES string of the molecule is CCCN(CCC)C(=O)C1=Cc2ccc(C(=O)Nc3ccc(N4CCC(C(=O)NCCNC(=O)O)CC4)nc3)cc2N=C(N)C1. The molecule has 1 aromatic heterocycles. The molecule has 1 fully saturated rings. The van der Waals surface area contributed by atoms with Crippen molar-refractivity contribution in [3.05, 3.63) is 53.2 Å². The standard InChI is InChI=1S/C32H42N8O5/c1-3-13-40(14-4-2)31(43)24-17-22-5-6-23(18-26(22)38-27(33)19-24)30(42)37-25-7-8-28(36-20-25)39-15-9-21(10-16-39)29(41)34-11-12-35-32(44)45/h5-8,17-18,20-21,35H,3-4,9-16,19H2,1-2H3,(H2,33,38)(H,34,41)(H,37,42)(H,44,45). The van der Waals surface area contributed by atoms with E-state index in [0.29, 0.717) is 67.4 Å². The third-order valence-electron chi connectivity index (χ3n) is 7.70. The van der Waals surface area contributed by atoms with Crippen molar-refractivity contribution in [3.63, 3.8) is 0 Å². The van der Waals surface area contributed by atoms with Crippen LogP contribution in [-0.2, 0) is 9.59 Å². The summed E-state index contributed by atoms with van der Waals surface area (Å²) in [6, 6.07) is 8.76. The number of hydrogen-bond donors (Lipinski definition) is 5. The number of nitrogens with two attached hydrogens (primary N) is 1. The van der Waals surface area contributed by atoms with Gasteiger partial charge in [-0.3, -0.25) is 14.4 Å². The van der Waals surface area contributed by atoms with Crippen LogP contribution in [-0.4, -0.2) is 83.9 Å². The Morgan fingerprint density at radius 3 is 2.38 bits per heavy atom. The van der Waals surface area contributed by atoms with Crippen molar-refractivity contribution in [1.82, 2.24) is 20.5 Å². The van der Waals surface area contributed by atoms with Gasteiger partial charge in [0.05, 0.1) is 17.6 Å². The number of carboxylic acid groups (broad SMARTS) is 1. The van der Waals surface area contributed by atoms with E-state index >= 15 is 0 Å². The van der Waals surface area contributed by atoms with Gasteiger partial charge >= 0.3 is 6.09 Å². The maximum absolute atomic E-state index is 13.2. The summed E-state index contributed by atoms with van der Waals surface area (Å²) in [6.07, 6.45) is 5.59. The first-order valence-corrected chi connectivity index (χ1v) is 15.4. The van der Waals surface area contributed by atoms with Crippen molar-refractivity contribution >= 4 is 52.9 Å². The van der Waals surface area contributed by atoms with Crippen molar-refractivity contribution in [3.8, 4) is 0 Å². The molecule has 2 aromatic rings. The molecule has 4 rings (SSSR count). The molecule has 3 heterocycles. The van der Waals surface area contributed by atoms with Crippen LogP contribution in [0.3, 0.4) is 0 Å². The van der Waals surface area contributed by atoms with Gasteiger partial charge in [0.1, 0.15) is 11.7 Å². The average molecular weight is 619 g/mol. The molecule has 0 saturated carbocycles. The molecule has 45 heavy (non-hydrogen) atoms. The number of amides is 4. The minimum Gasteiger partial charge on any atom is -0.465 e. The smallest absolute Gasteiger partial charge is 0.404 e. The van der Waals surface area contributed by atoms with Crippen LogP contribution in [0.15, 0.2) is 47.1 Å². The Morgan fingerprint density at radius 1 is 1.02 bits per heavy atom. The molecule has 2 aliphatic rings. The van der Waals surface area contributed by atoms with E-state index in [-0.39, 0.29) is 43.1 Å². The molecular formula is C32H42N8O5. The number of aliphatic imine (C=N–C) groups is 1. The van der Waals surface area contributed by atoms with Gasteiger partial charge in [-0.1, -0.05) is 19.9 Å². The van der Waals surface area contributed by atoms with Gasteiger partial charge in [0, 0.05) is 68.3 Å². The lowest BCUT2D eigenvalue weighted by atomic mass is 9.96. The highest BCUT2D eigenvalue weighted by atomic mass is 16.4. The van der Waals surface area contributed by atoms with E-state index in [1.54, 1.807) is 30.5 Å². The summed E-state index contributed by atoms with van der Waals surface area (Å²) in [5.41, 5.74) is 8.96. The second kappa shape index (κ2) is 15.7. The van der Waals surface area contributed by atoms with E-state index < -0.39 is 6.09 Å². The number of fused-ring (bicyclic) bond motifs is 1. The van der Waals surface area contributed by atoms with Crippen molar-refractivity contribution in [1.29, 1.82) is 0 Å². The molecule has 0 radical (unpaired) electrons. The van der Waals surface area contributed by atoms with E-state index in [4.69, 9.17) is 10.8 Å². The van der Waals surface area contributed by atoms with Gasteiger partial charge in [-0.05, 0) is 56.0 Å². The normalized spacial score (nSPS) is 14.8. The highest BCUT2D eigenvalue weighted by Gasteiger charge is 2.26.